The van der Waals surface area contributed by atoms with E-state index in [9.17, 15) is 0 Å². The monoisotopic (exact) mass is 290 g/mol. The molecule has 0 aromatic heterocycles. The molecule has 2 unspecified atom stereocenters. The van der Waals surface area contributed by atoms with Crippen molar-refractivity contribution >= 4 is 0 Å². The predicted octanol–water partition coefficient (Wildman–Crippen LogP) is 1.99. The number of fused-ring (bicyclic) bond motifs is 1. The summed E-state index contributed by atoms with van der Waals surface area (Å²) in [7, 11) is 4.17. The maximum atomic E-state index is 5.96. The van der Waals surface area contributed by atoms with Crippen LogP contribution >= 0.6 is 0 Å². The zero-order valence-corrected chi connectivity index (χ0v) is 13.1. The number of nitrogens with one attached hydrogen (secondary N) is 1. The zero-order valence-electron chi connectivity index (χ0n) is 13.1. The first-order valence-electron chi connectivity index (χ1n) is 7.99. The quantitative estimate of drug-likeness (QED) is 0.919. The smallest absolute Gasteiger partial charge is 0.119 e. The van der Waals surface area contributed by atoms with Gasteiger partial charge < -0.3 is 19.7 Å². The van der Waals surface area contributed by atoms with E-state index >= 15 is 0 Å². The van der Waals surface area contributed by atoms with Gasteiger partial charge in [-0.05, 0) is 56.6 Å². The summed E-state index contributed by atoms with van der Waals surface area (Å²) in [5, 5.41) is 3.40. The Bertz CT molecular complexity index is 478. The Morgan fingerprint density at radius 1 is 1.43 bits per heavy atom. The number of hydrogen-bond donors (Lipinski definition) is 1. The molecule has 1 N–H and O–H groups in total. The minimum atomic E-state index is 0.185. The van der Waals surface area contributed by atoms with Crippen molar-refractivity contribution in [3.8, 4) is 5.75 Å². The Labute approximate surface area is 127 Å². The van der Waals surface area contributed by atoms with Gasteiger partial charge in [-0.1, -0.05) is 6.07 Å². The summed E-state index contributed by atoms with van der Waals surface area (Å²) < 4.78 is 11.7. The van der Waals surface area contributed by atoms with Crippen LogP contribution in [0, 0.1) is 0 Å². The average Bonchev–Trinajstić information content (AvgIpc) is 2.52. The van der Waals surface area contributed by atoms with Crippen LogP contribution in [0.15, 0.2) is 18.2 Å². The summed E-state index contributed by atoms with van der Waals surface area (Å²) in [6.45, 7) is 3.41. The van der Waals surface area contributed by atoms with E-state index in [4.69, 9.17) is 9.47 Å². The van der Waals surface area contributed by atoms with Gasteiger partial charge in [0.05, 0.1) is 6.61 Å². The molecule has 0 bridgehead atoms. The van der Waals surface area contributed by atoms with Crippen LogP contribution in [0.1, 0.15) is 30.0 Å². The lowest BCUT2D eigenvalue weighted by molar-refractivity contribution is -0.0403. The summed E-state index contributed by atoms with van der Waals surface area (Å²) >= 11 is 0. The minimum absolute atomic E-state index is 0.185. The summed E-state index contributed by atoms with van der Waals surface area (Å²) in [6, 6.07) is 7.03. The van der Waals surface area contributed by atoms with E-state index in [0.717, 1.165) is 31.9 Å². The number of morpholine rings is 1. The largest absolute Gasteiger partial charge is 0.491 e. The average molecular weight is 290 g/mol. The maximum Gasteiger partial charge on any atom is 0.119 e. The summed E-state index contributed by atoms with van der Waals surface area (Å²) in [5.41, 5.74) is 2.87. The highest BCUT2D eigenvalue weighted by Gasteiger charge is 2.20. The number of likely N-dealkylation sites (N-methyl/N-ethyl adjacent to an activating group) is 1. The van der Waals surface area contributed by atoms with Gasteiger partial charge >= 0.3 is 0 Å². The van der Waals surface area contributed by atoms with Gasteiger partial charge in [0, 0.05) is 19.1 Å². The summed E-state index contributed by atoms with van der Waals surface area (Å²) in [5.74, 6) is 0.974. The predicted molar refractivity (Wildman–Crippen MR) is 83.9 cm³/mol. The van der Waals surface area contributed by atoms with Crippen molar-refractivity contribution in [1.82, 2.24) is 10.2 Å². The number of hydrogen-bond acceptors (Lipinski definition) is 4. The second kappa shape index (κ2) is 6.77. The second-order valence-electron chi connectivity index (χ2n) is 6.16. The third-order valence-electron chi connectivity index (χ3n) is 4.55. The molecule has 0 amide bonds. The minimum Gasteiger partial charge on any atom is -0.491 e. The Morgan fingerprint density at radius 3 is 3.14 bits per heavy atom. The van der Waals surface area contributed by atoms with Crippen LogP contribution in [-0.4, -0.2) is 51.4 Å². The fourth-order valence-corrected chi connectivity index (χ4v) is 3.34. The van der Waals surface area contributed by atoms with Gasteiger partial charge in [0.25, 0.3) is 0 Å². The van der Waals surface area contributed by atoms with E-state index in [1.807, 2.05) is 7.05 Å². The van der Waals surface area contributed by atoms with Crippen LogP contribution < -0.4 is 10.1 Å². The van der Waals surface area contributed by atoms with Gasteiger partial charge in [0.15, 0.2) is 0 Å². The van der Waals surface area contributed by atoms with Crippen molar-refractivity contribution < 1.29 is 9.47 Å². The number of ether oxygens (including phenoxy) is 2. The van der Waals surface area contributed by atoms with Gasteiger partial charge in [-0.15, -0.1) is 0 Å². The van der Waals surface area contributed by atoms with Gasteiger partial charge in [-0.2, -0.15) is 0 Å². The molecule has 1 aliphatic heterocycles. The lowest BCUT2D eigenvalue weighted by Gasteiger charge is -2.30. The highest BCUT2D eigenvalue weighted by molar-refractivity contribution is 5.39. The molecule has 0 saturated carbocycles. The molecule has 21 heavy (non-hydrogen) atoms. The topological polar surface area (TPSA) is 33.7 Å². The van der Waals surface area contributed by atoms with Crippen LogP contribution in [0.2, 0.25) is 0 Å². The Morgan fingerprint density at radius 2 is 2.33 bits per heavy atom. The number of nitrogens with zero attached hydrogens (tertiary/aromatic N) is 1. The number of rotatable bonds is 4. The Balaban J connectivity index is 1.61. The van der Waals surface area contributed by atoms with Crippen molar-refractivity contribution in [1.29, 1.82) is 0 Å². The number of benzene rings is 1. The molecule has 1 fully saturated rings. The second-order valence-corrected chi connectivity index (χ2v) is 6.16. The third-order valence-corrected chi connectivity index (χ3v) is 4.55. The molecule has 2 atom stereocenters. The Hall–Kier alpha value is -1.10. The highest BCUT2D eigenvalue weighted by Crippen LogP contribution is 2.31. The fourth-order valence-electron chi connectivity index (χ4n) is 3.34. The summed E-state index contributed by atoms with van der Waals surface area (Å²) in [4.78, 5) is 2.29. The van der Waals surface area contributed by atoms with Crippen molar-refractivity contribution in [2.45, 2.75) is 31.4 Å². The van der Waals surface area contributed by atoms with Crippen LogP contribution in [0.3, 0.4) is 0 Å². The van der Waals surface area contributed by atoms with Crippen LogP contribution in [0.4, 0.5) is 0 Å². The van der Waals surface area contributed by atoms with Crippen LogP contribution in [0.25, 0.3) is 0 Å². The molecule has 1 aliphatic carbocycles. The lowest BCUT2D eigenvalue weighted by atomic mass is 9.87. The van der Waals surface area contributed by atoms with Gasteiger partial charge in [0.2, 0.25) is 0 Å². The first kappa shape index (κ1) is 14.8. The Kier molecular flexibility index (Phi) is 4.78. The van der Waals surface area contributed by atoms with Crippen LogP contribution in [0.5, 0.6) is 5.75 Å². The normalized spacial score (nSPS) is 26.4. The van der Waals surface area contributed by atoms with E-state index < -0.39 is 0 Å². The molecule has 1 aromatic rings. The molecule has 3 rings (SSSR count). The zero-order chi connectivity index (χ0) is 14.7. The summed E-state index contributed by atoms with van der Waals surface area (Å²) in [6.07, 6.45) is 3.82. The molecule has 0 spiro atoms. The van der Waals surface area contributed by atoms with Crippen LogP contribution in [-0.2, 0) is 11.2 Å². The molecule has 116 valence electrons. The maximum absolute atomic E-state index is 5.96. The first-order chi connectivity index (χ1) is 10.3. The molecule has 1 aromatic carbocycles. The lowest BCUT2D eigenvalue weighted by Crippen LogP contribution is -2.42. The molecular formula is C17H26N2O2. The first-order valence-corrected chi connectivity index (χ1v) is 7.99. The highest BCUT2D eigenvalue weighted by atomic mass is 16.5. The molecular weight excluding hydrogens is 264 g/mol. The van der Waals surface area contributed by atoms with Gasteiger partial charge in [-0.25, -0.2) is 0 Å². The number of aryl methyl sites for hydroxylation is 1. The van der Waals surface area contributed by atoms with Crippen molar-refractivity contribution in [2.75, 3.05) is 40.4 Å². The van der Waals surface area contributed by atoms with E-state index in [-0.39, 0.29) is 6.10 Å². The molecule has 2 aliphatic rings. The molecule has 4 heteroatoms. The standard InChI is InChI=1S/C17H26N2O2/c1-18-17-5-3-4-13-10-14(6-7-16(13)17)21-12-15-11-19(2)8-9-20-15/h6-7,10,15,17-18H,3-5,8-9,11-12H2,1-2H3. The van der Waals surface area contributed by atoms with E-state index in [1.54, 1.807) is 0 Å². The molecule has 4 nitrogen and oxygen atoms in total. The van der Waals surface area contributed by atoms with Crippen molar-refractivity contribution in [3.05, 3.63) is 29.3 Å². The molecule has 0 radical (unpaired) electrons. The SMILES string of the molecule is CNC1CCCc2cc(OCC3CN(C)CCO3)ccc21. The third kappa shape index (κ3) is 3.57. The van der Waals surface area contributed by atoms with Gasteiger partial charge in [0.1, 0.15) is 18.5 Å². The van der Waals surface area contributed by atoms with Crippen molar-refractivity contribution in [3.63, 3.8) is 0 Å². The van der Waals surface area contributed by atoms with Gasteiger partial charge in [-0.3, -0.25) is 0 Å². The van der Waals surface area contributed by atoms with E-state index in [1.165, 1.54) is 24.0 Å². The molecule has 1 saturated heterocycles. The van der Waals surface area contributed by atoms with E-state index in [2.05, 4.69) is 35.5 Å². The van der Waals surface area contributed by atoms with E-state index in [0.29, 0.717) is 12.6 Å². The molecule has 1 heterocycles. The van der Waals surface area contributed by atoms with Crippen molar-refractivity contribution in [2.24, 2.45) is 0 Å². The fraction of sp³-hybridized carbons (Fsp3) is 0.647.